The molecule has 0 radical (unpaired) electrons. The molecular formula is C7H13NO5S. The van der Waals surface area contributed by atoms with E-state index in [4.69, 9.17) is 10.3 Å². The van der Waals surface area contributed by atoms with Crippen LogP contribution in [0.1, 0.15) is 13.8 Å². The highest BCUT2D eigenvalue weighted by Crippen LogP contribution is 2.14. The lowest BCUT2D eigenvalue weighted by Crippen LogP contribution is -2.35. The minimum absolute atomic E-state index is 0.492. The minimum atomic E-state index is -4.28. The van der Waals surface area contributed by atoms with Crippen molar-refractivity contribution in [1.82, 2.24) is 0 Å². The lowest BCUT2D eigenvalue weighted by molar-refractivity contribution is -0.129. The fourth-order valence-corrected chi connectivity index (χ4v) is 2.02. The molecule has 14 heavy (non-hydrogen) atoms. The fraction of sp³-hybridized carbons (Fsp3) is 0.714. The lowest BCUT2D eigenvalue weighted by atomic mass is 9.92. The van der Waals surface area contributed by atoms with Crippen LogP contribution < -0.4 is 5.73 Å². The van der Waals surface area contributed by atoms with Gasteiger partial charge in [-0.25, -0.2) is 0 Å². The number of hydrogen-bond acceptors (Lipinski definition) is 4. The highest BCUT2D eigenvalue weighted by Gasteiger charge is 2.30. The molecule has 0 spiro atoms. The predicted octanol–water partition coefficient (Wildman–Crippen LogP) is -0.799. The molecule has 0 aliphatic carbocycles. The van der Waals surface area contributed by atoms with Crippen LogP contribution in [0.2, 0.25) is 0 Å². The Labute approximate surface area is 82.2 Å². The van der Waals surface area contributed by atoms with Gasteiger partial charge >= 0.3 is 0 Å². The van der Waals surface area contributed by atoms with Crippen molar-refractivity contribution in [3.8, 4) is 0 Å². The smallest absolute Gasteiger partial charge is 0.265 e. The number of hydrogen-bond donors (Lipinski definition) is 2. The molecule has 0 aromatic carbocycles. The van der Waals surface area contributed by atoms with E-state index in [1.807, 2.05) is 0 Å². The first kappa shape index (κ1) is 13.1. The Morgan fingerprint density at radius 1 is 1.43 bits per heavy atom. The summed E-state index contributed by atoms with van der Waals surface area (Å²) in [5.74, 6) is -4.02. The van der Waals surface area contributed by atoms with E-state index in [-0.39, 0.29) is 0 Å². The molecule has 0 heterocycles. The molecule has 7 heteroatoms. The first-order valence-corrected chi connectivity index (χ1v) is 5.51. The van der Waals surface area contributed by atoms with E-state index in [9.17, 15) is 18.0 Å². The van der Waals surface area contributed by atoms with Crippen LogP contribution in [0, 0.1) is 11.8 Å². The van der Waals surface area contributed by atoms with Crippen molar-refractivity contribution in [2.75, 3.05) is 5.75 Å². The van der Waals surface area contributed by atoms with Crippen LogP contribution >= 0.6 is 0 Å². The monoisotopic (exact) mass is 223 g/mol. The molecule has 0 saturated heterocycles. The van der Waals surface area contributed by atoms with Crippen LogP contribution in [0.4, 0.5) is 0 Å². The highest BCUT2D eigenvalue weighted by molar-refractivity contribution is 7.85. The second-order valence-corrected chi connectivity index (χ2v) is 4.65. The third kappa shape index (κ3) is 4.33. The van der Waals surface area contributed by atoms with Gasteiger partial charge in [-0.15, -0.1) is 0 Å². The summed E-state index contributed by atoms with van der Waals surface area (Å²) in [5.41, 5.74) is 4.93. The van der Waals surface area contributed by atoms with Crippen molar-refractivity contribution in [2.24, 2.45) is 17.6 Å². The van der Waals surface area contributed by atoms with Crippen molar-refractivity contribution in [3.05, 3.63) is 0 Å². The summed E-state index contributed by atoms with van der Waals surface area (Å²) in [6, 6.07) is 0. The van der Waals surface area contributed by atoms with Gasteiger partial charge in [0.1, 0.15) is 5.78 Å². The number of amides is 1. The molecule has 82 valence electrons. The average molecular weight is 223 g/mol. The van der Waals surface area contributed by atoms with E-state index in [1.54, 1.807) is 0 Å². The molecule has 1 amide bonds. The zero-order valence-corrected chi connectivity index (χ0v) is 8.74. The number of primary amides is 1. The Morgan fingerprint density at radius 2 is 1.86 bits per heavy atom. The van der Waals surface area contributed by atoms with Gasteiger partial charge in [0.2, 0.25) is 5.91 Å². The Kier molecular flexibility index (Phi) is 4.21. The molecule has 2 atom stereocenters. The van der Waals surface area contributed by atoms with Crippen molar-refractivity contribution in [1.29, 1.82) is 0 Å². The van der Waals surface area contributed by atoms with Crippen LogP contribution in [0.3, 0.4) is 0 Å². The number of carbonyl (C=O) groups is 2. The van der Waals surface area contributed by atoms with E-state index in [2.05, 4.69) is 0 Å². The SMILES string of the molecule is CC(=O)C(CS(=O)(=O)O)C(C)C(N)=O. The second-order valence-electron chi connectivity index (χ2n) is 3.16. The lowest BCUT2D eigenvalue weighted by Gasteiger charge is -2.16. The summed E-state index contributed by atoms with van der Waals surface area (Å²) in [7, 11) is -4.28. The van der Waals surface area contributed by atoms with Crippen molar-refractivity contribution < 1.29 is 22.6 Å². The maximum Gasteiger partial charge on any atom is 0.265 e. The van der Waals surface area contributed by atoms with Gasteiger partial charge in [-0.2, -0.15) is 8.42 Å². The zero-order valence-electron chi connectivity index (χ0n) is 7.93. The van der Waals surface area contributed by atoms with Gasteiger partial charge in [-0.3, -0.25) is 14.1 Å². The van der Waals surface area contributed by atoms with Crippen LogP contribution in [0.5, 0.6) is 0 Å². The first-order valence-electron chi connectivity index (χ1n) is 3.90. The van der Waals surface area contributed by atoms with E-state index >= 15 is 0 Å². The number of carbonyl (C=O) groups excluding carboxylic acids is 2. The highest BCUT2D eigenvalue weighted by atomic mass is 32.2. The van der Waals surface area contributed by atoms with E-state index in [1.165, 1.54) is 6.92 Å². The summed E-state index contributed by atoms with van der Waals surface area (Å²) in [6.07, 6.45) is 0. The van der Waals surface area contributed by atoms with Gasteiger partial charge in [0, 0.05) is 11.8 Å². The average Bonchev–Trinajstić information content (AvgIpc) is 1.96. The number of nitrogens with two attached hydrogens (primary N) is 1. The van der Waals surface area contributed by atoms with Crippen LogP contribution in [-0.4, -0.2) is 30.4 Å². The Morgan fingerprint density at radius 3 is 2.07 bits per heavy atom. The van der Waals surface area contributed by atoms with Crippen molar-refractivity contribution in [2.45, 2.75) is 13.8 Å². The van der Waals surface area contributed by atoms with Gasteiger partial charge in [-0.05, 0) is 6.92 Å². The quantitative estimate of drug-likeness (QED) is 0.592. The van der Waals surface area contributed by atoms with Gasteiger partial charge in [-0.1, -0.05) is 6.92 Å². The van der Waals surface area contributed by atoms with Gasteiger partial charge in [0.15, 0.2) is 0 Å². The van der Waals surface area contributed by atoms with Gasteiger partial charge < -0.3 is 5.73 Å². The Bertz CT molecular complexity index is 334. The van der Waals surface area contributed by atoms with Crippen LogP contribution in [0.25, 0.3) is 0 Å². The number of Topliss-reactive ketones (excluding diaryl/α,β-unsaturated/α-hetero) is 1. The van der Waals surface area contributed by atoms with Crippen LogP contribution in [-0.2, 0) is 19.7 Å². The molecular weight excluding hydrogens is 210 g/mol. The molecule has 0 aliphatic rings. The summed E-state index contributed by atoms with van der Waals surface area (Å²) in [5, 5.41) is 0. The molecule has 6 nitrogen and oxygen atoms in total. The number of rotatable bonds is 5. The topological polar surface area (TPSA) is 115 Å². The van der Waals surface area contributed by atoms with Crippen molar-refractivity contribution in [3.63, 3.8) is 0 Å². The van der Waals surface area contributed by atoms with Crippen molar-refractivity contribution >= 4 is 21.8 Å². The summed E-state index contributed by atoms with van der Waals surface area (Å²) >= 11 is 0. The second kappa shape index (κ2) is 4.52. The van der Waals surface area contributed by atoms with E-state index < -0.39 is 39.4 Å². The largest absolute Gasteiger partial charge is 0.369 e. The molecule has 0 fully saturated rings. The molecule has 3 N–H and O–H groups in total. The fourth-order valence-electron chi connectivity index (χ4n) is 1.04. The van der Waals surface area contributed by atoms with E-state index in [0.717, 1.165) is 6.92 Å². The van der Waals surface area contributed by atoms with E-state index in [0.29, 0.717) is 0 Å². The summed E-state index contributed by atoms with van der Waals surface area (Å²) < 4.78 is 29.6. The molecule has 0 aliphatic heterocycles. The van der Waals surface area contributed by atoms with Crippen LogP contribution in [0.15, 0.2) is 0 Å². The minimum Gasteiger partial charge on any atom is -0.369 e. The third-order valence-corrected chi connectivity index (χ3v) is 2.75. The molecule has 0 aromatic rings. The standard InChI is InChI=1S/C7H13NO5S/c1-4(7(8)10)6(5(2)9)3-14(11,12)13/h4,6H,3H2,1-2H3,(H2,8,10)(H,11,12,13). The zero-order chi connectivity index (χ0) is 11.5. The summed E-state index contributed by atoms with van der Waals surface area (Å²) in [4.78, 5) is 21.7. The molecule has 0 bridgehead atoms. The summed E-state index contributed by atoms with van der Waals surface area (Å²) in [6.45, 7) is 2.49. The molecule has 0 saturated carbocycles. The molecule has 0 rings (SSSR count). The van der Waals surface area contributed by atoms with Gasteiger partial charge in [0.25, 0.3) is 10.1 Å². The third-order valence-electron chi connectivity index (χ3n) is 1.96. The predicted molar refractivity (Wildman–Crippen MR) is 48.9 cm³/mol. The molecule has 0 aromatic heterocycles. The van der Waals surface area contributed by atoms with Gasteiger partial charge in [0.05, 0.1) is 5.75 Å². The Balaban J connectivity index is 4.79. The number of ketones is 1. The maximum atomic E-state index is 11.0. The normalized spacial score (nSPS) is 15.9. The first-order chi connectivity index (χ1) is 6.15. The maximum absolute atomic E-state index is 11.0. The Hall–Kier alpha value is -0.950. The molecule has 2 unspecified atom stereocenters.